The molecule has 0 atom stereocenters. The van der Waals surface area contributed by atoms with Gasteiger partial charge in [0.05, 0.1) is 18.5 Å². The lowest BCUT2D eigenvalue weighted by Gasteiger charge is -2.17. The molecule has 114 valence electrons. The Kier molecular flexibility index (Phi) is 4.34. The highest BCUT2D eigenvalue weighted by Gasteiger charge is 2.27. The summed E-state index contributed by atoms with van der Waals surface area (Å²) in [6.45, 7) is 3.64. The molecule has 2 rings (SSSR count). The normalized spacial score (nSPS) is 11.9. The van der Waals surface area contributed by atoms with E-state index in [1.165, 1.54) is 4.31 Å². The van der Waals surface area contributed by atoms with E-state index in [4.69, 9.17) is 4.74 Å². The predicted molar refractivity (Wildman–Crippen MR) is 79.7 cm³/mol. The van der Waals surface area contributed by atoms with Crippen LogP contribution in [0.15, 0.2) is 29.2 Å². The van der Waals surface area contributed by atoms with Crippen LogP contribution in [0.1, 0.15) is 17.0 Å². The fraction of sp³-hybridized carbons (Fsp3) is 0.357. The Morgan fingerprint density at radius 1 is 1.33 bits per heavy atom. The molecule has 0 radical (unpaired) electrons. The number of hydrogen-bond acceptors (Lipinski definition) is 4. The standard InChI is InChI=1S/C14H19N3O3S/c1-10-14(11(2)16-15-10)21(18,19)17(3)9-12-6-5-7-13(8-12)20-4/h5-8H,9H2,1-4H3,(H,15,16). The second-order valence-corrected chi connectivity index (χ2v) is 6.86. The third kappa shape index (κ3) is 3.08. The number of methoxy groups -OCH3 is 1. The minimum absolute atomic E-state index is 0.243. The summed E-state index contributed by atoms with van der Waals surface area (Å²) in [4.78, 5) is 0.243. The van der Waals surface area contributed by atoms with Crippen molar-refractivity contribution in [2.24, 2.45) is 0 Å². The lowest BCUT2D eigenvalue weighted by Crippen LogP contribution is -2.27. The van der Waals surface area contributed by atoms with Crippen molar-refractivity contribution in [2.75, 3.05) is 14.2 Å². The maximum absolute atomic E-state index is 12.6. The van der Waals surface area contributed by atoms with E-state index in [1.54, 1.807) is 28.0 Å². The minimum Gasteiger partial charge on any atom is -0.497 e. The van der Waals surface area contributed by atoms with Gasteiger partial charge in [-0.15, -0.1) is 0 Å². The van der Waals surface area contributed by atoms with Crippen LogP contribution in [0, 0.1) is 13.8 Å². The van der Waals surface area contributed by atoms with Gasteiger partial charge in [0.2, 0.25) is 10.0 Å². The number of ether oxygens (including phenoxy) is 1. The molecule has 0 fully saturated rings. The van der Waals surface area contributed by atoms with Crippen molar-refractivity contribution in [1.82, 2.24) is 14.5 Å². The average Bonchev–Trinajstić information content (AvgIpc) is 2.78. The number of sulfonamides is 1. The lowest BCUT2D eigenvalue weighted by molar-refractivity contribution is 0.412. The molecule has 0 spiro atoms. The van der Waals surface area contributed by atoms with Crippen LogP contribution in [0.5, 0.6) is 5.75 Å². The van der Waals surface area contributed by atoms with Gasteiger partial charge in [0.1, 0.15) is 10.6 Å². The van der Waals surface area contributed by atoms with Crippen molar-refractivity contribution in [3.63, 3.8) is 0 Å². The quantitative estimate of drug-likeness (QED) is 0.914. The first-order chi connectivity index (χ1) is 9.86. The van der Waals surface area contributed by atoms with Crippen LogP contribution in [0.4, 0.5) is 0 Å². The second-order valence-electron chi connectivity index (χ2n) is 4.88. The van der Waals surface area contributed by atoms with Gasteiger partial charge in [-0.3, -0.25) is 5.10 Å². The molecule has 2 aromatic rings. The van der Waals surface area contributed by atoms with Gasteiger partial charge in [0.25, 0.3) is 0 Å². The monoisotopic (exact) mass is 309 g/mol. The molecule has 0 saturated carbocycles. The van der Waals surface area contributed by atoms with Crippen LogP contribution < -0.4 is 4.74 Å². The second kappa shape index (κ2) is 5.87. The van der Waals surface area contributed by atoms with Gasteiger partial charge < -0.3 is 4.74 Å². The van der Waals surface area contributed by atoms with Crippen molar-refractivity contribution in [2.45, 2.75) is 25.3 Å². The van der Waals surface area contributed by atoms with Crippen LogP contribution in [-0.4, -0.2) is 37.1 Å². The summed E-state index contributed by atoms with van der Waals surface area (Å²) in [5, 5.41) is 6.65. The van der Waals surface area contributed by atoms with Crippen molar-refractivity contribution >= 4 is 10.0 Å². The molecule has 7 heteroatoms. The maximum Gasteiger partial charge on any atom is 0.246 e. The van der Waals surface area contributed by atoms with E-state index >= 15 is 0 Å². The third-order valence-corrected chi connectivity index (χ3v) is 5.34. The zero-order valence-electron chi connectivity index (χ0n) is 12.5. The molecule has 1 aromatic heterocycles. The molecule has 0 saturated heterocycles. The topological polar surface area (TPSA) is 75.3 Å². The van der Waals surface area contributed by atoms with Gasteiger partial charge in [-0.25, -0.2) is 8.42 Å². The molecular formula is C14H19N3O3S. The summed E-state index contributed by atoms with van der Waals surface area (Å²) < 4.78 is 31.7. The summed E-state index contributed by atoms with van der Waals surface area (Å²) in [5.41, 5.74) is 1.88. The van der Waals surface area contributed by atoms with Crippen LogP contribution in [-0.2, 0) is 16.6 Å². The number of aryl methyl sites for hydroxylation is 2. The van der Waals surface area contributed by atoms with Crippen LogP contribution in [0.3, 0.4) is 0 Å². The molecule has 0 amide bonds. The van der Waals surface area contributed by atoms with Crippen molar-refractivity contribution in [3.8, 4) is 5.75 Å². The lowest BCUT2D eigenvalue weighted by atomic mass is 10.2. The molecule has 1 aromatic carbocycles. The first-order valence-electron chi connectivity index (χ1n) is 6.47. The van der Waals surface area contributed by atoms with Gasteiger partial charge >= 0.3 is 0 Å². The smallest absolute Gasteiger partial charge is 0.246 e. The zero-order chi connectivity index (χ0) is 15.6. The number of hydrogen-bond donors (Lipinski definition) is 1. The number of benzene rings is 1. The Morgan fingerprint density at radius 3 is 2.62 bits per heavy atom. The van der Waals surface area contributed by atoms with E-state index < -0.39 is 10.0 Å². The van der Waals surface area contributed by atoms with Crippen LogP contribution in [0.25, 0.3) is 0 Å². The molecule has 0 aliphatic heterocycles. The van der Waals surface area contributed by atoms with E-state index in [0.717, 1.165) is 5.56 Å². The highest BCUT2D eigenvalue weighted by molar-refractivity contribution is 7.89. The first-order valence-corrected chi connectivity index (χ1v) is 7.91. The van der Waals surface area contributed by atoms with Crippen LogP contribution in [0.2, 0.25) is 0 Å². The Labute approximate surface area is 124 Å². The fourth-order valence-electron chi connectivity index (χ4n) is 2.19. The Bertz CT molecular complexity index is 718. The van der Waals surface area contributed by atoms with Crippen LogP contribution >= 0.6 is 0 Å². The number of nitrogens with one attached hydrogen (secondary N) is 1. The first kappa shape index (κ1) is 15.5. The van der Waals surface area contributed by atoms with E-state index in [2.05, 4.69) is 10.2 Å². The third-order valence-electron chi connectivity index (χ3n) is 3.27. The zero-order valence-corrected chi connectivity index (χ0v) is 13.4. The molecule has 0 aliphatic carbocycles. The van der Waals surface area contributed by atoms with Crippen molar-refractivity contribution in [1.29, 1.82) is 0 Å². The van der Waals surface area contributed by atoms with E-state index in [9.17, 15) is 8.42 Å². The van der Waals surface area contributed by atoms with Crippen molar-refractivity contribution < 1.29 is 13.2 Å². The fourth-order valence-corrected chi connectivity index (χ4v) is 3.67. The molecule has 1 N–H and O–H groups in total. The summed E-state index contributed by atoms with van der Waals surface area (Å²) in [6.07, 6.45) is 0. The Hall–Kier alpha value is -1.86. The van der Waals surface area contributed by atoms with Crippen molar-refractivity contribution in [3.05, 3.63) is 41.2 Å². The maximum atomic E-state index is 12.6. The molecule has 21 heavy (non-hydrogen) atoms. The van der Waals surface area contributed by atoms with E-state index in [0.29, 0.717) is 17.1 Å². The summed E-state index contributed by atoms with van der Waals surface area (Å²) in [6, 6.07) is 7.34. The minimum atomic E-state index is -3.58. The highest BCUT2D eigenvalue weighted by atomic mass is 32.2. The largest absolute Gasteiger partial charge is 0.497 e. The number of aromatic amines is 1. The highest BCUT2D eigenvalue weighted by Crippen LogP contribution is 2.22. The Morgan fingerprint density at radius 2 is 2.05 bits per heavy atom. The number of H-pyrrole nitrogens is 1. The Balaban J connectivity index is 2.29. The molecule has 0 aliphatic rings. The summed E-state index contributed by atoms with van der Waals surface area (Å²) in [5.74, 6) is 0.703. The summed E-state index contributed by atoms with van der Waals surface area (Å²) >= 11 is 0. The van der Waals surface area contributed by atoms with Gasteiger partial charge in [0, 0.05) is 13.6 Å². The SMILES string of the molecule is COc1cccc(CN(C)S(=O)(=O)c2c(C)n[nH]c2C)c1. The number of rotatable bonds is 5. The number of nitrogens with zero attached hydrogens (tertiary/aromatic N) is 2. The predicted octanol–water partition coefficient (Wildman–Crippen LogP) is 1.86. The summed E-state index contributed by atoms with van der Waals surface area (Å²) in [7, 11) is -0.439. The molecule has 6 nitrogen and oxygen atoms in total. The molecule has 0 bridgehead atoms. The van der Waals surface area contributed by atoms with Gasteiger partial charge in [-0.1, -0.05) is 12.1 Å². The average molecular weight is 309 g/mol. The van der Waals surface area contributed by atoms with Gasteiger partial charge in [0.15, 0.2) is 0 Å². The molecule has 0 unspecified atom stereocenters. The molecular weight excluding hydrogens is 290 g/mol. The van der Waals surface area contributed by atoms with Gasteiger partial charge in [-0.05, 0) is 31.5 Å². The van der Waals surface area contributed by atoms with E-state index in [1.807, 2.05) is 24.3 Å². The number of aromatic nitrogens is 2. The van der Waals surface area contributed by atoms with Gasteiger partial charge in [-0.2, -0.15) is 9.40 Å². The van der Waals surface area contributed by atoms with E-state index in [-0.39, 0.29) is 11.4 Å². The molecule has 1 heterocycles.